The topological polar surface area (TPSA) is 119 Å². The summed E-state index contributed by atoms with van der Waals surface area (Å²) < 4.78 is 5.01. The van der Waals surface area contributed by atoms with E-state index >= 15 is 0 Å². The van der Waals surface area contributed by atoms with Crippen molar-refractivity contribution in [2.75, 3.05) is 13.2 Å². The molecule has 8 heteroatoms. The van der Waals surface area contributed by atoms with Gasteiger partial charge in [-0.2, -0.15) is 5.10 Å². The molecule has 2 rings (SSSR count). The quantitative estimate of drug-likeness (QED) is 0.174. The van der Waals surface area contributed by atoms with Crippen molar-refractivity contribution in [2.45, 2.75) is 32.4 Å². The van der Waals surface area contributed by atoms with Gasteiger partial charge in [0.25, 0.3) is 0 Å². The van der Waals surface area contributed by atoms with E-state index in [4.69, 9.17) is 10.6 Å². The molecule has 0 saturated carbocycles. The van der Waals surface area contributed by atoms with Crippen LogP contribution in [0.3, 0.4) is 0 Å². The third-order valence-electron chi connectivity index (χ3n) is 4.16. The number of hydrogen-bond acceptors (Lipinski definition) is 7. The first kappa shape index (κ1) is 22.0. The molecule has 154 valence electrons. The molecule has 0 spiro atoms. The molecule has 0 aliphatic rings. The highest BCUT2D eigenvalue weighted by molar-refractivity contribution is 5.79. The molecule has 1 amide bonds. The van der Waals surface area contributed by atoms with E-state index in [1.54, 1.807) is 31.6 Å². The van der Waals surface area contributed by atoms with Crippen molar-refractivity contribution in [1.82, 2.24) is 15.6 Å². The lowest BCUT2D eigenvalue weighted by molar-refractivity contribution is -0.143. The van der Waals surface area contributed by atoms with Gasteiger partial charge in [0, 0.05) is 31.9 Å². The lowest BCUT2D eigenvalue weighted by Crippen LogP contribution is -2.32. The van der Waals surface area contributed by atoms with Crippen LogP contribution < -0.4 is 16.5 Å². The van der Waals surface area contributed by atoms with Gasteiger partial charge >= 0.3 is 5.97 Å². The zero-order valence-corrected chi connectivity index (χ0v) is 16.5. The largest absolute Gasteiger partial charge is 0.466 e. The van der Waals surface area contributed by atoms with Crippen LogP contribution in [0.2, 0.25) is 0 Å². The smallest absolute Gasteiger partial charge is 0.308 e. The van der Waals surface area contributed by atoms with Crippen LogP contribution in [-0.2, 0) is 20.9 Å². The van der Waals surface area contributed by atoms with Gasteiger partial charge in [0.1, 0.15) is 0 Å². The van der Waals surface area contributed by atoms with Crippen molar-refractivity contribution in [3.63, 3.8) is 0 Å². The monoisotopic (exact) mass is 397 g/mol. The minimum absolute atomic E-state index is 0.0666. The average Bonchev–Trinajstić information content (AvgIpc) is 2.73. The van der Waals surface area contributed by atoms with Crippen LogP contribution in [0.4, 0.5) is 0 Å². The summed E-state index contributed by atoms with van der Waals surface area (Å²) >= 11 is 0. The first-order chi connectivity index (χ1) is 14.1. The fraction of sp³-hybridized carbons (Fsp3) is 0.333. The lowest BCUT2D eigenvalue weighted by atomic mass is 10.1. The van der Waals surface area contributed by atoms with Crippen LogP contribution in [0.25, 0.3) is 0 Å². The average molecular weight is 397 g/mol. The number of ether oxygens (including phenoxy) is 1. The number of hydrazone groups is 1. The Labute approximate surface area is 170 Å². The maximum Gasteiger partial charge on any atom is 0.308 e. The molecule has 0 radical (unpaired) electrons. The van der Waals surface area contributed by atoms with Gasteiger partial charge in [0.2, 0.25) is 5.91 Å². The minimum atomic E-state index is -0.466. The van der Waals surface area contributed by atoms with Gasteiger partial charge in [-0.3, -0.25) is 14.6 Å². The molecule has 1 unspecified atom stereocenters. The van der Waals surface area contributed by atoms with Crippen molar-refractivity contribution in [3.8, 4) is 0 Å². The molecule has 1 atom stereocenters. The Balaban J connectivity index is 1.80. The summed E-state index contributed by atoms with van der Waals surface area (Å²) in [5, 5.41) is 9.62. The normalized spacial score (nSPS) is 11.9. The van der Waals surface area contributed by atoms with Crippen LogP contribution in [-0.4, -0.2) is 36.2 Å². The van der Waals surface area contributed by atoms with E-state index in [2.05, 4.69) is 20.7 Å². The van der Waals surface area contributed by atoms with Gasteiger partial charge in [0.15, 0.2) is 0 Å². The zero-order valence-electron chi connectivity index (χ0n) is 16.5. The van der Waals surface area contributed by atoms with Gasteiger partial charge in [-0.15, -0.1) is 0 Å². The summed E-state index contributed by atoms with van der Waals surface area (Å²) in [6, 6.07) is 10.9. The second kappa shape index (κ2) is 12.2. The molecule has 0 aliphatic heterocycles. The van der Waals surface area contributed by atoms with E-state index in [0.29, 0.717) is 19.7 Å². The third kappa shape index (κ3) is 8.10. The molecule has 0 saturated heterocycles. The van der Waals surface area contributed by atoms with E-state index in [0.717, 1.165) is 16.7 Å². The number of nitrogens with two attached hydrogens (primary N) is 1. The van der Waals surface area contributed by atoms with Crippen LogP contribution in [0, 0.1) is 0 Å². The summed E-state index contributed by atoms with van der Waals surface area (Å²) in [6.45, 7) is 3.20. The first-order valence-electron chi connectivity index (χ1n) is 9.50. The van der Waals surface area contributed by atoms with Crippen molar-refractivity contribution < 1.29 is 14.3 Å². The van der Waals surface area contributed by atoms with Crippen molar-refractivity contribution >= 4 is 18.1 Å². The van der Waals surface area contributed by atoms with Gasteiger partial charge in [-0.1, -0.05) is 30.3 Å². The van der Waals surface area contributed by atoms with Crippen LogP contribution in [0.1, 0.15) is 42.5 Å². The van der Waals surface area contributed by atoms with E-state index in [9.17, 15) is 9.59 Å². The highest BCUT2D eigenvalue weighted by Gasteiger charge is 2.19. The molecule has 1 heterocycles. The molecule has 8 nitrogen and oxygen atoms in total. The second-order valence-corrected chi connectivity index (χ2v) is 6.36. The number of benzene rings is 1. The van der Waals surface area contributed by atoms with Gasteiger partial charge < -0.3 is 21.2 Å². The molecule has 2 aromatic rings. The summed E-state index contributed by atoms with van der Waals surface area (Å²) in [5.74, 6) is 4.62. The maximum atomic E-state index is 12.3. The van der Waals surface area contributed by atoms with Crippen LogP contribution in [0.5, 0.6) is 0 Å². The number of pyridine rings is 1. The number of carbonyl (C=O) groups is 2. The third-order valence-corrected chi connectivity index (χ3v) is 4.16. The Kier molecular flexibility index (Phi) is 9.31. The molecule has 4 N–H and O–H groups in total. The van der Waals surface area contributed by atoms with Crippen molar-refractivity contribution in [1.29, 1.82) is 0 Å². The fourth-order valence-corrected chi connectivity index (χ4v) is 2.73. The Hall–Kier alpha value is -3.26. The highest BCUT2D eigenvalue weighted by Crippen LogP contribution is 2.16. The van der Waals surface area contributed by atoms with Gasteiger partial charge in [-0.05, 0) is 29.7 Å². The summed E-state index contributed by atoms with van der Waals surface area (Å²) in [5.41, 5.74) is 2.79. The number of carbonyl (C=O) groups excluding carboxylic acids is 2. The molecule has 29 heavy (non-hydrogen) atoms. The summed E-state index contributed by atoms with van der Waals surface area (Å²) in [4.78, 5) is 28.3. The van der Waals surface area contributed by atoms with E-state index in [1.165, 1.54) is 0 Å². The number of rotatable bonds is 11. The molecule has 0 aliphatic carbocycles. The van der Waals surface area contributed by atoms with Crippen LogP contribution >= 0.6 is 0 Å². The highest BCUT2D eigenvalue weighted by atomic mass is 16.5. The predicted octanol–water partition coefficient (Wildman–Crippen LogP) is 1.66. The molecule has 1 aromatic carbocycles. The maximum absolute atomic E-state index is 12.3. The van der Waals surface area contributed by atoms with Gasteiger partial charge in [-0.25, -0.2) is 0 Å². The Morgan fingerprint density at radius 2 is 2.07 bits per heavy atom. The molecule has 0 bridgehead atoms. The van der Waals surface area contributed by atoms with E-state index in [-0.39, 0.29) is 24.7 Å². The SMILES string of the molecule is CCOC(=O)CC(NC(=O)CCNCc1ccc(C=NN)cc1)c1cccnc1. The summed E-state index contributed by atoms with van der Waals surface area (Å²) in [7, 11) is 0. The molecule has 1 aromatic heterocycles. The number of nitrogens with zero attached hydrogens (tertiary/aromatic N) is 2. The number of hydrogen-bond donors (Lipinski definition) is 3. The van der Waals surface area contributed by atoms with Crippen LogP contribution in [0.15, 0.2) is 53.9 Å². The number of nitrogens with one attached hydrogen (secondary N) is 2. The van der Waals surface area contributed by atoms with Crippen molar-refractivity contribution in [3.05, 3.63) is 65.5 Å². The number of esters is 1. The molecule has 0 fully saturated rings. The van der Waals surface area contributed by atoms with E-state index < -0.39 is 6.04 Å². The first-order valence-corrected chi connectivity index (χ1v) is 9.50. The van der Waals surface area contributed by atoms with E-state index in [1.807, 2.05) is 30.3 Å². The second-order valence-electron chi connectivity index (χ2n) is 6.36. The predicted molar refractivity (Wildman–Crippen MR) is 111 cm³/mol. The Morgan fingerprint density at radius 3 is 2.72 bits per heavy atom. The zero-order chi connectivity index (χ0) is 20.9. The molecular formula is C21H27N5O3. The lowest BCUT2D eigenvalue weighted by Gasteiger charge is -2.18. The molecular weight excluding hydrogens is 370 g/mol. The fourth-order valence-electron chi connectivity index (χ4n) is 2.73. The minimum Gasteiger partial charge on any atom is -0.466 e. The Bertz CT molecular complexity index is 794. The van der Waals surface area contributed by atoms with Crippen molar-refractivity contribution in [2.24, 2.45) is 10.9 Å². The number of aromatic nitrogens is 1. The standard InChI is InChI=1S/C21H27N5O3/c1-2-29-21(28)12-19(18-4-3-10-23-15-18)26-20(27)9-11-24-13-16-5-7-17(8-6-16)14-25-22/h3-8,10,14-15,19,24H,2,9,11-13,22H2,1H3,(H,26,27). The number of amides is 1. The summed E-state index contributed by atoms with van der Waals surface area (Å²) in [6.07, 6.45) is 5.22. The Morgan fingerprint density at radius 1 is 1.28 bits per heavy atom. The van der Waals surface area contributed by atoms with Gasteiger partial charge in [0.05, 0.1) is 25.3 Å².